The zero-order valence-electron chi connectivity index (χ0n) is 22.5. The summed E-state index contributed by atoms with van der Waals surface area (Å²) in [5, 5.41) is 0. The van der Waals surface area contributed by atoms with Gasteiger partial charge in [-0.1, -0.05) is 43.3 Å². The van der Waals surface area contributed by atoms with Crippen LogP contribution in [-0.2, 0) is 41.6 Å². The number of hydrogen-bond donors (Lipinski definition) is 0. The van der Waals surface area contributed by atoms with Gasteiger partial charge in [0, 0.05) is 32.1 Å². The number of ether oxygens (including phenoxy) is 4. The highest BCUT2D eigenvalue weighted by atomic mass is 16.6. The van der Waals surface area contributed by atoms with Crippen LogP contribution in [0.5, 0.6) is 5.75 Å². The van der Waals surface area contributed by atoms with Crippen LogP contribution in [0.1, 0.15) is 69.6 Å². The molecule has 0 aliphatic heterocycles. The van der Waals surface area contributed by atoms with Crippen LogP contribution in [0.2, 0.25) is 0 Å². The van der Waals surface area contributed by atoms with E-state index in [1.54, 1.807) is 0 Å². The largest absolute Gasteiger partial charge is 0.489 e. The summed E-state index contributed by atoms with van der Waals surface area (Å²) >= 11 is 0. The van der Waals surface area contributed by atoms with Gasteiger partial charge in [0.2, 0.25) is 0 Å². The Kier molecular flexibility index (Phi) is 7.21. The Morgan fingerprint density at radius 1 is 0.868 bits per heavy atom. The highest BCUT2D eigenvalue weighted by Gasteiger charge is 2.67. The van der Waals surface area contributed by atoms with Gasteiger partial charge < -0.3 is 18.9 Å². The van der Waals surface area contributed by atoms with Gasteiger partial charge in [-0.3, -0.25) is 14.4 Å². The van der Waals surface area contributed by atoms with Crippen molar-refractivity contribution in [2.75, 3.05) is 0 Å². The molecule has 7 nitrogen and oxygen atoms in total. The summed E-state index contributed by atoms with van der Waals surface area (Å²) in [7, 11) is 0. The molecular weight excluding hydrogens is 484 g/mol. The molecule has 0 N–H and O–H groups in total. The standard InChI is InChI=1S/C31H36O7/c1-18(32)36-28-27-26-12-10-22-16-23(35-17-21-8-6-5-7-9-21)11-13-24(22)25(26)14-15-31(27,4)30(38-20(3)34)29(28)37-19(2)33/h5-9,11,13,16,25-30H,10,12,14-15,17H2,1-4H3/t25?,26?,27-,28-,29-,30+,31+/m1/s1. The van der Waals surface area contributed by atoms with Crippen molar-refractivity contribution in [3.63, 3.8) is 0 Å². The summed E-state index contributed by atoms with van der Waals surface area (Å²) in [6.45, 7) is 6.68. The minimum Gasteiger partial charge on any atom is -0.489 e. The minimum absolute atomic E-state index is 0.110. The van der Waals surface area contributed by atoms with E-state index in [2.05, 4.69) is 31.2 Å². The zero-order valence-corrected chi connectivity index (χ0v) is 22.5. The first kappa shape index (κ1) is 26.3. The molecule has 0 amide bonds. The maximum absolute atomic E-state index is 12.2. The second-order valence-electron chi connectivity index (χ2n) is 11.2. The summed E-state index contributed by atoms with van der Waals surface area (Å²) in [5.41, 5.74) is 3.23. The topological polar surface area (TPSA) is 88.1 Å². The van der Waals surface area contributed by atoms with Crippen LogP contribution in [0, 0.1) is 17.3 Å². The first-order valence-corrected chi connectivity index (χ1v) is 13.5. The Morgan fingerprint density at radius 2 is 1.55 bits per heavy atom. The second-order valence-corrected chi connectivity index (χ2v) is 11.2. The van der Waals surface area contributed by atoms with Crippen molar-refractivity contribution in [3.8, 4) is 5.75 Å². The third-order valence-corrected chi connectivity index (χ3v) is 8.77. The molecule has 0 saturated heterocycles. The Bertz CT molecular complexity index is 1210. The Hall–Kier alpha value is -3.35. The fourth-order valence-electron chi connectivity index (χ4n) is 7.40. The summed E-state index contributed by atoms with van der Waals surface area (Å²) in [5.74, 6) is -0.144. The van der Waals surface area contributed by atoms with Crippen LogP contribution < -0.4 is 4.74 Å². The van der Waals surface area contributed by atoms with Crippen molar-refractivity contribution < 1.29 is 33.3 Å². The van der Waals surface area contributed by atoms with Crippen molar-refractivity contribution >= 4 is 17.9 Å². The van der Waals surface area contributed by atoms with E-state index in [1.165, 1.54) is 31.9 Å². The molecule has 2 aromatic carbocycles. The lowest BCUT2D eigenvalue weighted by Gasteiger charge is -2.50. The average Bonchev–Trinajstić information content (AvgIpc) is 3.09. The first-order chi connectivity index (χ1) is 18.2. The van der Waals surface area contributed by atoms with Crippen LogP contribution in [0.3, 0.4) is 0 Å². The smallest absolute Gasteiger partial charge is 0.303 e. The molecule has 202 valence electrons. The lowest BCUT2D eigenvalue weighted by atomic mass is 9.55. The van der Waals surface area contributed by atoms with E-state index < -0.39 is 41.6 Å². The normalized spacial score (nSPS) is 31.3. The van der Waals surface area contributed by atoms with E-state index in [1.807, 2.05) is 24.3 Å². The molecule has 0 aromatic heterocycles. The molecule has 7 atom stereocenters. The first-order valence-electron chi connectivity index (χ1n) is 13.5. The zero-order chi connectivity index (χ0) is 27.0. The van der Waals surface area contributed by atoms with Gasteiger partial charge in [0.25, 0.3) is 0 Å². The van der Waals surface area contributed by atoms with Gasteiger partial charge >= 0.3 is 17.9 Å². The lowest BCUT2D eigenvalue weighted by Crippen LogP contribution is -2.47. The van der Waals surface area contributed by atoms with E-state index in [0.29, 0.717) is 6.61 Å². The van der Waals surface area contributed by atoms with E-state index in [-0.39, 0.29) is 17.8 Å². The fraction of sp³-hybridized carbons (Fsp3) is 0.516. The van der Waals surface area contributed by atoms with Gasteiger partial charge in [-0.25, -0.2) is 0 Å². The number of rotatable bonds is 6. The predicted molar refractivity (Wildman–Crippen MR) is 139 cm³/mol. The third-order valence-electron chi connectivity index (χ3n) is 8.77. The number of carbonyl (C=O) groups excluding carboxylic acids is 3. The summed E-state index contributed by atoms with van der Waals surface area (Å²) in [4.78, 5) is 36.4. The number of aryl methyl sites for hydroxylation is 1. The molecule has 2 fully saturated rings. The Morgan fingerprint density at radius 3 is 2.24 bits per heavy atom. The molecule has 3 aliphatic carbocycles. The fourth-order valence-corrected chi connectivity index (χ4v) is 7.40. The Balaban J connectivity index is 1.44. The molecule has 7 heteroatoms. The van der Waals surface area contributed by atoms with Gasteiger partial charge in [0.05, 0.1) is 0 Å². The van der Waals surface area contributed by atoms with Crippen LogP contribution >= 0.6 is 0 Å². The summed E-state index contributed by atoms with van der Waals surface area (Å²) in [6, 6.07) is 16.5. The number of esters is 3. The SMILES string of the molecule is CC(=O)O[C@@H]1[C@H](OC(C)=O)[C@H]2C3CCc4cc(OCc5ccccc5)ccc4C3CC[C@]2(C)[C@H]1OC(C)=O. The molecular formula is C31H36O7. The van der Waals surface area contributed by atoms with E-state index in [0.717, 1.165) is 37.0 Å². The van der Waals surface area contributed by atoms with E-state index >= 15 is 0 Å². The van der Waals surface area contributed by atoms with Crippen molar-refractivity contribution in [2.24, 2.45) is 17.3 Å². The molecule has 3 aliphatic rings. The van der Waals surface area contributed by atoms with Gasteiger partial charge in [-0.05, 0) is 66.3 Å². The summed E-state index contributed by atoms with van der Waals surface area (Å²) < 4.78 is 23.5. The highest BCUT2D eigenvalue weighted by molar-refractivity contribution is 5.69. The second kappa shape index (κ2) is 10.4. The van der Waals surface area contributed by atoms with Crippen molar-refractivity contribution in [3.05, 3.63) is 65.2 Å². The lowest BCUT2D eigenvalue weighted by molar-refractivity contribution is -0.178. The highest BCUT2D eigenvalue weighted by Crippen LogP contribution is 2.62. The molecule has 2 saturated carbocycles. The molecule has 0 bridgehead atoms. The Labute approximate surface area is 223 Å². The maximum Gasteiger partial charge on any atom is 0.303 e. The minimum atomic E-state index is -0.829. The van der Waals surface area contributed by atoms with Gasteiger partial charge in [-0.15, -0.1) is 0 Å². The van der Waals surface area contributed by atoms with Crippen LogP contribution in [0.25, 0.3) is 0 Å². The predicted octanol–water partition coefficient (Wildman–Crippen LogP) is 5.14. The third kappa shape index (κ3) is 4.91. The molecule has 0 radical (unpaired) electrons. The molecule has 5 rings (SSSR count). The molecule has 0 spiro atoms. The number of hydrogen-bond acceptors (Lipinski definition) is 7. The van der Waals surface area contributed by atoms with Crippen LogP contribution in [0.4, 0.5) is 0 Å². The number of benzene rings is 2. The van der Waals surface area contributed by atoms with Crippen molar-refractivity contribution in [2.45, 2.75) is 84.2 Å². The van der Waals surface area contributed by atoms with Crippen LogP contribution in [-0.4, -0.2) is 36.2 Å². The van der Waals surface area contributed by atoms with E-state index in [4.69, 9.17) is 18.9 Å². The van der Waals surface area contributed by atoms with Gasteiger partial charge in [-0.2, -0.15) is 0 Å². The molecule has 2 unspecified atom stereocenters. The number of fused-ring (bicyclic) bond motifs is 5. The van der Waals surface area contributed by atoms with Gasteiger partial charge in [0.1, 0.15) is 24.6 Å². The molecule has 38 heavy (non-hydrogen) atoms. The maximum atomic E-state index is 12.2. The van der Waals surface area contributed by atoms with Crippen LogP contribution in [0.15, 0.2) is 48.5 Å². The molecule has 2 aromatic rings. The summed E-state index contributed by atoms with van der Waals surface area (Å²) in [6.07, 6.45) is 1.27. The monoisotopic (exact) mass is 520 g/mol. The van der Waals surface area contributed by atoms with Gasteiger partial charge in [0.15, 0.2) is 6.10 Å². The molecule has 0 heterocycles. The van der Waals surface area contributed by atoms with E-state index in [9.17, 15) is 14.4 Å². The quantitative estimate of drug-likeness (QED) is 0.385. The van der Waals surface area contributed by atoms with Crippen molar-refractivity contribution in [1.82, 2.24) is 0 Å². The van der Waals surface area contributed by atoms with Crippen molar-refractivity contribution in [1.29, 1.82) is 0 Å². The number of carbonyl (C=O) groups is 3. The average molecular weight is 521 g/mol.